The van der Waals surface area contributed by atoms with Crippen LogP contribution in [-0.4, -0.2) is 55.7 Å². The Morgan fingerprint density at radius 1 is 1.06 bits per heavy atom. The van der Waals surface area contributed by atoms with Gasteiger partial charge in [-0.05, 0) is 38.4 Å². The molecule has 0 unspecified atom stereocenters. The third kappa shape index (κ3) is 3.58. The number of rotatable bonds is 4. The van der Waals surface area contributed by atoms with E-state index in [9.17, 15) is 0 Å². The molecule has 0 aromatic rings. The van der Waals surface area contributed by atoms with Crippen LogP contribution in [0, 0.1) is 0 Å². The number of nitrogens with one attached hydrogen (secondary N) is 1. The maximum Gasteiger partial charge on any atom is 0.0484 e. The molecule has 2 fully saturated rings. The fourth-order valence-corrected chi connectivity index (χ4v) is 2.61. The molecule has 2 rings (SSSR count). The lowest BCUT2D eigenvalue weighted by atomic mass is 10.1. The third-order valence-electron chi connectivity index (χ3n) is 3.65. The minimum atomic E-state index is 1.07. The van der Waals surface area contributed by atoms with Crippen molar-refractivity contribution in [1.82, 2.24) is 15.1 Å². The summed E-state index contributed by atoms with van der Waals surface area (Å²) < 4.78 is 0. The molecular formula is C13H25N3. The number of piperidine rings is 1. The normalized spacial score (nSPS) is 25.2. The Hall–Kier alpha value is -0.380. The summed E-state index contributed by atoms with van der Waals surface area (Å²) in [5.41, 5.74) is 1.59. The Morgan fingerprint density at radius 2 is 1.81 bits per heavy atom. The van der Waals surface area contributed by atoms with Crippen molar-refractivity contribution < 1.29 is 0 Å². The van der Waals surface area contributed by atoms with Crippen LogP contribution in [0.15, 0.2) is 11.6 Å². The maximum atomic E-state index is 3.39. The van der Waals surface area contributed by atoms with Gasteiger partial charge < -0.3 is 5.32 Å². The second-order valence-electron chi connectivity index (χ2n) is 4.99. The quantitative estimate of drug-likeness (QED) is 0.724. The van der Waals surface area contributed by atoms with Crippen LogP contribution < -0.4 is 5.32 Å². The van der Waals surface area contributed by atoms with E-state index in [-0.39, 0.29) is 0 Å². The van der Waals surface area contributed by atoms with Gasteiger partial charge in [0, 0.05) is 32.8 Å². The zero-order valence-corrected chi connectivity index (χ0v) is 10.5. The molecule has 0 spiro atoms. The van der Waals surface area contributed by atoms with Crippen LogP contribution >= 0.6 is 0 Å². The first-order valence-electron chi connectivity index (χ1n) is 6.68. The number of hydrogen-bond donors (Lipinski definition) is 1. The lowest BCUT2D eigenvalue weighted by Gasteiger charge is -2.28. The lowest BCUT2D eigenvalue weighted by Crippen LogP contribution is -2.34. The number of allylic oxidation sites excluding steroid dienone is 1. The number of nitrogens with zero attached hydrogens (tertiary/aromatic N) is 2. The standard InChI is InChI=1S/C13H25N3/c1-2-13(11-16-9-6-14-12-16)10-15-7-4-3-5-8-15/h2,14H,3-12H2,1H3. The fourth-order valence-electron chi connectivity index (χ4n) is 2.61. The first-order chi connectivity index (χ1) is 7.88. The van der Waals surface area contributed by atoms with Gasteiger partial charge in [0.2, 0.25) is 0 Å². The maximum absolute atomic E-state index is 3.39. The van der Waals surface area contributed by atoms with Crippen LogP contribution in [0.3, 0.4) is 0 Å². The molecule has 92 valence electrons. The van der Waals surface area contributed by atoms with Gasteiger partial charge in [0.15, 0.2) is 0 Å². The van der Waals surface area contributed by atoms with E-state index >= 15 is 0 Å². The average Bonchev–Trinajstić information content (AvgIpc) is 2.82. The molecule has 2 aliphatic rings. The van der Waals surface area contributed by atoms with Gasteiger partial charge in [-0.15, -0.1) is 0 Å². The highest BCUT2D eigenvalue weighted by molar-refractivity contribution is 5.06. The van der Waals surface area contributed by atoms with E-state index in [0.29, 0.717) is 0 Å². The summed E-state index contributed by atoms with van der Waals surface area (Å²) >= 11 is 0. The lowest BCUT2D eigenvalue weighted by molar-refractivity contribution is 0.238. The van der Waals surface area contributed by atoms with E-state index in [1.54, 1.807) is 5.57 Å². The molecule has 0 saturated carbocycles. The van der Waals surface area contributed by atoms with Crippen LogP contribution in [-0.2, 0) is 0 Å². The summed E-state index contributed by atoms with van der Waals surface area (Å²) in [4.78, 5) is 5.11. The second kappa shape index (κ2) is 6.38. The molecule has 0 bridgehead atoms. The minimum absolute atomic E-state index is 1.07. The molecule has 0 radical (unpaired) electrons. The van der Waals surface area contributed by atoms with E-state index in [1.807, 2.05) is 0 Å². The highest BCUT2D eigenvalue weighted by Gasteiger charge is 2.15. The van der Waals surface area contributed by atoms with Gasteiger partial charge in [-0.3, -0.25) is 9.80 Å². The molecule has 0 aliphatic carbocycles. The molecule has 0 amide bonds. The van der Waals surface area contributed by atoms with Crippen LogP contribution in [0.5, 0.6) is 0 Å². The van der Waals surface area contributed by atoms with Crippen molar-refractivity contribution in [2.75, 3.05) is 45.9 Å². The highest BCUT2D eigenvalue weighted by Crippen LogP contribution is 2.11. The van der Waals surface area contributed by atoms with Gasteiger partial charge in [-0.2, -0.15) is 0 Å². The van der Waals surface area contributed by atoms with Gasteiger partial charge in [-0.25, -0.2) is 0 Å². The molecular weight excluding hydrogens is 198 g/mol. The van der Waals surface area contributed by atoms with Gasteiger partial charge in [-0.1, -0.05) is 12.5 Å². The number of likely N-dealkylation sites (tertiary alicyclic amines) is 1. The molecule has 2 heterocycles. The van der Waals surface area contributed by atoms with Crippen molar-refractivity contribution >= 4 is 0 Å². The smallest absolute Gasteiger partial charge is 0.0484 e. The summed E-state index contributed by atoms with van der Waals surface area (Å²) in [7, 11) is 0. The third-order valence-corrected chi connectivity index (χ3v) is 3.65. The number of hydrogen-bond acceptors (Lipinski definition) is 3. The first kappa shape index (κ1) is 12.1. The predicted molar refractivity (Wildman–Crippen MR) is 68.5 cm³/mol. The largest absolute Gasteiger partial charge is 0.303 e. The molecule has 16 heavy (non-hydrogen) atoms. The monoisotopic (exact) mass is 223 g/mol. The van der Waals surface area contributed by atoms with Crippen molar-refractivity contribution in [2.45, 2.75) is 26.2 Å². The Labute approximate surface area is 99.5 Å². The fraction of sp³-hybridized carbons (Fsp3) is 0.846. The molecule has 3 heteroatoms. The Bertz CT molecular complexity index is 225. The average molecular weight is 223 g/mol. The topological polar surface area (TPSA) is 18.5 Å². The van der Waals surface area contributed by atoms with Gasteiger partial charge in [0.25, 0.3) is 0 Å². The van der Waals surface area contributed by atoms with E-state index in [0.717, 1.165) is 19.8 Å². The summed E-state index contributed by atoms with van der Waals surface area (Å²) in [6, 6.07) is 0. The predicted octanol–water partition coefficient (Wildman–Crippen LogP) is 1.28. The van der Waals surface area contributed by atoms with Crippen LogP contribution in [0.2, 0.25) is 0 Å². The van der Waals surface area contributed by atoms with Gasteiger partial charge in [0.1, 0.15) is 0 Å². The minimum Gasteiger partial charge on any atom is -0.303 e. The van der Waals surface area contributed by atoms with Gasteiger partial charge in [0.05, 0.1) is 0 Å². The highest BCUT2D eigenvalue weighted by atomic mass is 15.3. The summed E-state index contributed by atoms with van der Waals surface area (Å²) in [6.07, 6.45) is 6.52. The molecule has 3 nitrogen and oxygen atoms in total. The van der Waals surface area contributed by atoms with Crippen molar-refractivity contribution in [1.29, 1.82) is 0 Å². The first-order valence-corrected chi connectivity index (χ1v) is 6.68. The summed E-state index contributed by atoms with van der Waals surface area (Å²) in [6.45, 7) is 10.6. The van der Waals surface area contributed by atoms with Crippen molar-refractivity contribution in [3.63, 3.8) is 0 Å². The second-order valence-corrected chi connectivity index (χ2v) is 4.99. The zero-order chi connectivity index (χ0) is 11.2. The molecule has 2 saturated heterocycles. The summed E-state index contributed by atoms with van der Waals surface area (Å²) in [5, 5.41) is 3.39. The summed E-state index contributed by atoms with van der Waals surface area (Å²) in [5.74, 6) is 0. The molecule has 2 aliphatic heterocycles. The van der Waals surface area contributed by atoms with Gasteiger partial charge >= 0.3 is 0 Å². The van der Waals surface area contributed by atoms with Crippen molar-refractivity contribution in [2.24, 2.45) is 0 Å². The van der Waals surface area contributed by atoms with E-state index in [1.165, 1.54) is 45.4 Å². The van der Waals surface area contributed by atoms with E-state index in [4.69, 9.17) is 0 Å². The molecule has 0 aromatic heterocycles. The molecule has 1 N–H and O–H groups in total. The van der Waals surface area contributed by atoms with E-state index < -0.39 is 0 Å². The molecule has 0 aromatic carbocycles. The van der Waals surface area contributed by atoms with Crippen molar-refractivity contribution in [3.05, 3.63) is 11.6 Å². The van der Waals surface area contributed by atoms with Crippen LogP contribution in [0.25, 0.3) is 0 Å². The SMILES string of the molecule is CC=C(CN1CCCCC1)CN1CCNC1. The van der Waals surface area contributed by atoms with E-state index in [2.05, 4.69) is 28.1 Å². The Kier molecular flexibility index (Phi) is 4.82. The Morgan fingerprint density at radius 3 is 2.44 bits per heavy atom. The molecule has 0 atom stereocenters. The van der Waals surface area contributed by atoms with Crippen LogP contribution in [0.4, 0.5) is 0 Å². The Balaban J connectivity index is 1.75. The van der Waals surface area contributed by atoms with Crippen molar-refractivity contribution in [3.8, 4) is 0 Å². The van der Waals surface area contributed by atoms with Crippen LogP contribution in [0.1, 0.15) is 26.2 Å². The zero-order valence-electron chi connectivity index (χ0n) is 10.5.